The summed E-state index contributed by atoms with van der Waals surface area (Å²) in [4.78, 5) is 12.2. The van der Waals surface area contributed by atoms with Crippen molar-refractivity contribution in [1.29, 1.82) is 0 Å². The predicted octanol–water partition coefficient (Wildman–Crippen LogP) is 4.11. The van der Waals surface area contributed by atoms with Crippen LogP contribution in [0.4, 0.5) is 5.13 Å². The van der Waals surface area contributed by atoms with Crippen molar-refractivity contribution in [2.75, 3.05) is 5.32 Å². The third-order valence-electron chi connectivity index (χ3n) is 4.01. The zero-order valence-electron chi connectivity index (χ0n) is 14.7. The first kappa shape index (κ1) is 17.3. The molecule has 1 N–H and O–H groups in total. The number of amides is 1. The van der Waals surface area contributed by atoms with E-state index in [1.807, 2.05) is 19.1 Å². The van der Waals surface area contributed by atoms with Gasteiger partial charge in [0.15, 0.2) is 0 Å². The zero-order chi connectivity index (χ0) is 18.0. The van der Waals surface area contributed by atoms with E-state index in [-0.39, 0.29) is 12.3 Å². The summed E-state index contributed by atoms with van der Waals surface area (Å²) in [6.07, 6.45) is 0.208. The molecule has 0 atom stereocenters. The fourth-order valence-corrected chi connectivity index (χ4v) is 3.24. The predicted molar refractivity (Wildman–Crippen MR) is 97.7 cm³/mol. The van der Waals surface area contributed by atoms with E-state index in [0.29, 0.717) is 16.8 Å². The number of rotatable bonds is 5. The lowest BCUT2D eigenvalue weighted by Gasteiger charge is -2.04. The minimum atomic E-state index is -0.160. The average molecular weight is 356 g/mol. The summed E-state index contributed by atoms with van der Waals surface area (Å²) in [5.74, 6) is 0.991. The molecule has 0 radical (unpaired) electrons. The van der Waals surface area contributed by atoms with Crippen molar-refractivity contribution in [1.82, 2.24) is 15.4 Å². The number of anilines is 1. The number of carbonyl (C=O) groups excluding carboxylic acids is 1. The number of carbonyl (C=O) groups is 1. The highest BCUT2D eigenvalue weighted by Crippen LogP contribution is 2.28. The van der Waals surface area contributed by atoms with Gasteiger partial charge in [0.1, 0.15) is 10.8 Å². The maximum Gasteiger partial charge on any atom is 0.230 e. The third kappa shape index (κ3) is 3.93. The van der Waals surface area contributed by atoms with Crippen LogP contribution in [0, 0.1) is 13.8 Å². The van der Waals surface area contributed by atoms with E-state index >= 15 is 0 Å². The molecule has 25 heavy (non-hydrogen) atoms. The van der Waals surface area contributed by atoms with Gasteiger partial charge < -0.3 is 9.84 Å². The highest BCUT2D eigenvalue weighted by molar-refractivity contribution is 7.18. The Morgan fingerprint density at radius 2 is 1.92 bits per heavy atom. The molecule has 0 spiro atoms. The molecule has 0 aliphatic heterocycles. The quantitative estimate of drug-likeness (QED) is 0.744. The van der Waals surface area contributed by atoms with E-state index in [4.69, 9.17) is 4.52 Å². The number of nitrogens with zero attached hydrogens (tertiary/aromatic N) is 3. The van der Waals surface area contributed by atoms with Gasteiger partial charge in [-0.3, -0.25) is 4.79 Å². The van der Waals surface area contributed by atoms with E-state index in [0.717, 1.165) is 21.8 Å². The van der Waals surface area contributed by atoms with E-state index in [2.05, 4.69) is 46.7 Å². The Morgan fingerprint density at radius 3 is 2.52 bits per heavy atom. The molecule has 6 nitrogen and oxygen atoms in total. The Morgan fingerprint density at radius 1 is 1.20 bits per heavy atom. The molecule has 1 amide bonds. The molecule has 130 valence electrons. The van der Waals surface area contributed by atoms with Crippen molar-refractivity contribution in [3.63, 3.8) is 0 Å². The van der Waals surface area contributed by atoms with E-state index < -0.39 is 0 Å². The molecule has 2 aromatic heterocycles. The largest absolute Gasteiger partial charge is 0.361 e. The van der Waals surface area contributed by atoms with Crippen LogP contribution in [0.25, 0.3) is 10.6 Å². The molecule has 7 heteroatoms. The van der Waals surface area contributed by atoms with Crippen molar-refractivity contribution in [3.8, 4) is 10.6 Å². The maximum absolute atomic E-state index is 12.2. The summed E-state index contributed by atoms with van der Waals surface area (Å²) in [5.41, 5.74) is 3.82. The van der Waals surface area contributed by atoms with Crippen LogP contribution in [0.2, 0.25) is 0 Å². The second-order valence-corrected chi connectivity index (χ2v) is 7.19. The summed E-state index contributed by atoms with van der Waals surface area (Å²) < 4.78 is 5.08. The maximum atomic E-state index is 12.2. The molecule has 0 saturated heterocycles. The standard InChI is InChI=1S/C18H20N4O2S/c1-10(2)13-5-7-14(8-6-13)17-20-21-18(25-17)19-16(23)9-15-11(3)22-24-12(15)4/h5-8,10H,9H2,1-4H3,(H,19,21,23). The van der Waals surface area contributed by atoms with Crippen molar-refractivity contribution in [2.24, 2.45) is 0 Å². The molecule has 0 saturated carbocycles. The topological polar surface area (TPSA) is 80.9 Å². The van der Waals surface area contributed by atoms with Gasteiger partial charge in [-0.1, -0.05) is 54.6 Å². The van der Waals surface area contributed by atoms with Crippen molar-refractivity contribution >= 4 is 22.4 Å². The minimum absolute atomic E-state index is 0.160. The molecule has 1 aromatic carbocycles. The Balaban J connectivity index is 1.68. The molecule has 3 rings (SSSR count). The van der Waals surface area contributed by atoms with Crippen LogP contribution in [0.1, 0.15) is 42.3 Å². The number of aromatic nitrogens is 3. The van der Waals surface area contributed by atoms with Crippen LogP contribution in [0.3, 0.4) is 0 Å². The zero-order valence-corrected chi connectivity index (χ0v) is 15.5. The van der Waals surface area contributed by atoms with Gasteiger partial charge in [-0.15, -0.1) is 10.2 Å². The van der Waals surface area contributed by atoms with Crippen LogP contribution in [0.5, 0.6) is 0 Å². The smallest absolute Gasteiger partial charge is 0.230 e. The molecule has 2 heterocycles. The molecular formula is C18H20N4O2S. The van der Waals surface area contributed by atoms with E-state index in [1.165, 1.54) is 16.9 Å². The molecule has 3 aromatic rings. The number of aryl methyl sites for hydroxylation is 2. The first-order valence-electron chi connectivity index (χ1n) is 8.09. The lowest BCUT2D eigenvalue weighted by molar-refractivity contribution is -0.115. The monoisotopic (exact) mass is 356 g/mol. The summed E-state index contributed by atoms with van der Waals surface area (Å²) in [7, 11) is 0. The van der Waals surface area contributed by atoms with Crippen molar-refractivity contribution in [2.45, 2.75) is 40.0 Å². The SMILES string of the molecule is Cc1noc(C)c1CC(=O)Nc1nnc(-c2ccc(C(C)C)cc2)s1. The molecule has 0 bridgehead atoms. The van der Waals surface area contributed by atoms with Gasteiger partial charge in [-0.25, -0.2) is 0 Å². The highest BCUT2D eigenvalue weighted by atomic mass is 32.1. The van der Waals surface area contributed by atoms with Crippen LogP contribution in [-0.4, -0.2) is 21.3 Å². The van der Waals surface area contributed by atoms with Gasteiger partial charge in [0, 0.05) is 11.1 Å². The van der Waals surface area contributed by atoms with Crippen LogP contribution < -0.4 is 5.32 Å². The highest BCUT2D eigenvalue weighted by Gasteiger charge is 2.15. The van der Waals surface area contributed by atoms with E-state index in [1.54, 1.807) is 6.92 Å². The van der Waals surface area contributed by atoms with Gasteiger partial charge in [0.25, 0.3) is 0 Å². The lowest BCUT2D eigenvalue weighted by atomic mass is 10.0. The second-order valence-electron chi connectivity index (χ2n) is 6.22. The number of hydrogen-bond acceptors (Lipinski definition) is 6. The molecular weight excluding hydrogens is 336 g/mol. The summed E-state index contributed by atoms with van der Waals surface area (Å²) in [6, 6.07) is 8.25. The Kier molecular flexibility index (Phi) is 4.94. The third-order valence-corrected chi connectivity index (χ3v) is 4.90. The van der Waals surface area contributed by atoms with Crippen molar-refractivity contribution < 1.29 is 9.32 Å². The van der Waals surface area contributed by atoms with Crippen LogP contribution in [-0.2, 0) is 11.2 Å². The normalized spacial score (nSPS) is 11.1. The Hall–Kier alpha value is -2.54. The molecule has 0 unspecified atom stereocenters. The van der Waals surface area contributed by atoms with Gasteiger partial charge in [-0.2, -0.15) is 0 Å². The molecule has 0 aliphatic rings. The first-order valence-corrected chi connectivity index (χ1v) is 8.91. The second kappa shape index (κ2) is 7.14. The van der Waals surface area contributed by atoms with Crippen LogP contribution in [0.15, 0.2) is 28.8 Å². The van der Waals surface area contributed by atoms with Crippen molar-refractivity contribution in [3.05, 3.63) is 46.8 Å². The molecule has 0 fully saturated rings. The van der Waals surface area contributed by atoms with Gasteiger partial charge in [0.05, 0.1) is 12.1 Å². The molecule has 0 aliphatic carbocycles. The summed E-state index contributed by atoms with van der Waals surface area (Å²) >= 11 is 1.36. The fourth-order valence-electron chi connectivity index (χ4n) is 2.48. The average Bonchev–Trinajstić information content (AvgIpc) is 3.17. The fraction of sp³-hybridized carbons (Fsp3) is 0.333. The first-order chi connectivity index (χ1) is 11.9. The van der Waals surface area contributed by atoms with Crippen LogP contribution >= 0.6 is 11.3 Å². The Labute approximate surface area is 150 Å². The summed E-state index contributed by atoms with van der Waals surface area (Å²) in [5, 5.41) is 16.1. The minimum Gasteiger partial charge on any atom is -0.361 e. The van der Waals surface area contributed by atoms with Gasteiger partial charge in [-0.05, 0) is 25.3 Å². The van der Waals surface area contributed by atoms with Gasteiger partial charge >= 0.3 is 0 Å². The number of benzene rings is 1. The Bertz CT molecular complexity index is 861. The van der Waals surface area contributed by atoms with Gasteiger partial charge in [0.2, 0.25) is 11.0 Å². The number of nitrogens with one attached hydrogen (secondary N) is 1. The number of hydrogen-bond donors (Lipinski definition) is 1. The van der Waals surface area contributed by atoms with E-state index in [9.17, 15) is 4.79 Å². The summed E-state index contributed by atoms with van der Waals surface area (Å²) in [6.45, 7) is 7.94. The lowest BCUT2D eigenvalue weighted by Crippen LogP contribution is -2.15.